The zero-order chi connectivity index (χ0) is 15.5. The number of halogens is 1. The first-order valence-electron chi connectivity index (χ1n) is 6.88. The summed E-state index contributed by atoms with van der Waals surface area (Å²) in [5.41, 5.74) is 1.58. The fraction of sp³-hybridized carbons (Fsp3) is 0.267. The smallest absolute Gasteiger partial charge is 0.277 e. The van der Waals surface area contributed by atoms with Gasteiger partial charge in [0.2, 0.25) is 0 Å². The van der Waals surface area contributed by atoms with Crippen LogP contribution in [0.1, 0.15) is 12.7 Å². The van der Waals surface area contributed by atoms with Crippen LogP contribution in [0.15, 0.2) is 34.2 Å². The maximum absolute atomic E-state index is 6.20. The van der Waals surface area contributed by atoms with Gasteiger partial charge in [-0.25, -0.2) is 4.98 Å². The number of hydrogen-bond donors (Lipinski definition) is 1. The lowest BCUT2D eigenvalue weighted by molar-refractivity contribution is 0.417. The lowest BCUT2D eigenvalue weighted by Gasteiger charge is -2.04. The fourth-order valence-corrected chi connectivity index (χ4v) is 3.06. The minimum Gasteiger partial charge on any atom is -0.332 e. The average Bonchev–Trinajstić information content (AvgIpc) is 3.16. The molecule has 7 heteroatoms. The molecule has 2 aromatic heterocycles. The van der Waals surface area contributed by atoms with Crippen LogP contribution in [-0.2, 0) is 6.42 Å². The van der Waals surface area contributed by atoms with E-state index < -0.39 is 0 Å². The quantitative estimate of drug-likeness (QED) is 0.771. The van der Waals surface area contributed by atoms with E-state index in [2.05, 4.69) is 27.4 Å². The molecule has 0 amide bonds. The van der Waals surface area contributed by atoms with Crippen LogP contribution < -0.4 is 5.32 Å². The first kappa shape index (κ1) is 15.1. The predicted octanol–water partition coefficient (Wildman–Crippen LogP) is 3.66. The second-order valence-electron chi connectivity index (χ2n) is 4.93. The molecular formula is C15H15ClN4OS. The Hall–Kier alpha value is -1.76. The molecule has 1 unspecified atom stereocenters. The van der Waals surface area contributed by atoms with E-state index in [-0.39, 0.29) is 0 Å². The van der Waals surface area contributed by atoms with Gasteiger partial charge in [0.05, 0.1) is 5.02 Å². The Kier molecular flexibility index (Phi) is 4.52. The molecule has 3 aromatic rings. The number of benzene rings is 1. The zero-order valence-electron chi connectivity index (χ0n) is 12.2. The molecule has 0 aliphatic carbocycles. The van der Waals surface area contributed by atoms with Crippen LogP contribution in [0.3, 0.4) is 0 Å². The molecule has 0 spiro atoms. The van der Waals surface area contributed by atoms with Gasteiger partial charge in [0.15, 0.2) is 5.82 Å². The summed E-state index contributed by atoms with van der Waals surface area (Å²) in [6, 6.07) is 7.92. The van der Waals surface area contributed by atoms with Crippen LogP contribution in [0.2, 0.25) is 5.02 Å². The molecule has 0 radical (unpaired) electrons. The van der Waals surface area contributed by atoms with Crippen LogP contribution in [0.25, 0.3) is 22.2 Å². The summed E-state index contributed by atoms with van der Waals surface area (Å²) in [4.78, 5) is 8.94. The van der Waals surface area contributed by atoms with Gasteiger partial charge in [0, 0.05) is 23.4 Å². The molecule has 1 N–H and O–H groups in total. The molecule has 1 atom stereocenters. The highest BCUT2D eigenvalue weighted by molar-refractivity contribution is 7.13. The third kappa shape index (κ3) is 3.19. The average molecular weight is 335 g/mol. The molecule has 0 aliphatic rings. The Morgan fingerprint density at radius 2 is 2.14 bits per heavy atom. The lowest BCUT2D eigenvalue weighted by Crippen LogP contribution is -2.24. The van der Waals surface area contributed by atoms with E-state index in [4.69, 9.17) is 16.1 Å². The third-order valence-corrected chi connectivity index (χ3v) is 4.48. The predicted molar refractivity (Wildman–Crippen MR) is 88.1 cm³/mol. The number of aromatic nitrogens is 3. The van der Waals surface area contributed by atoms with Crippen LogP contribution >= 0.6 is 22.9 Å². The number of nitrogens with zero attached hydrogens (tertiary/aromatic N) is 3. The second-order valence-corrected chi connectivity index (χ2v) is 6.19. The zero-order valence-corrected chi connectivity index (χ0v) is 13.8. The maximum Gasteiger partial charge on any atom is 0.277 e. The second kappa shape index (κ2) is 6.56. The maximum atomic E-state index is 6.20. The third-order valence-electron chi connectivity index (χ3n) is 3.28. The van der Waals surface area contributed by atoms with E-state index in [1.54, 1.807) is 0 Å². The van der Waals surface area contributed by atoms with Gasteiger partial charge in [-0.3, -0.25) is 0 Å². The summed E-state index contributed by atoms with van der Waals surface area (Å²) in [5, 5.41) is 10.6. The molecule has 22 heavy (non-hydrogen) atoms. The van der Waals surface area contributed by atoms with Crippen molar-refractivity contribution in [1.82, 2.24) is 20.4 Å². The minimum atomic E-state index is 0.291. The van der Waals surface area contributed by atoms with Crippen molar-refractivity contribution in [3.63, 3.8) is 0 Å². The molecular weight excluding hydrogens is 320 g/mol. The summed E-state index contributed by atoms with van der Waals surface area (Å²) in [6.45, 7) is 2.06. The highest BCUT2D eigenvalue weighted by Gasteiger charge is 2.15. The summed E-state index contributed by atoms with van der Waals surface area (Å²) in [6.07, 6.45) is 0.710. The lowest BCUT2D eigenvalue weighted by atomic mass is 10.2. The van der Waals surface area contributed by atoms with E-state index in [1.165, 1.54) is 11.3 Å². The minimum absolute atomic E-state index is 0.291. The summed E-state index contributed by atoms with van der Waals surface area (Å²) in [5.74, 6) is 1.11. The number of likely N-dealkylation sites (N-methyl/N-ethyl adjacent to an activating group) is 1. The van der Waals surface area contributed by atoms with Crippen molar-refractivity contribution in [2.24, 2.45) is 0 Å². The number of hydrogen-bond acceptors (Lipinski definition) is 6. The largest absolute Gasteiger partial charge is 0.332 e. The van der Waals surface area contributed by atoms with Gasteiger partial charge >= 0.3 is 0 Å². The SMILES string of the molecule is CNC(C)Cc1noc(-c2csc(-c3ccccc3Cl)n2)n1. The standard InChI is InChI=1S/C15H15ClN4OS/c1-9(17-2)7-13-19-14(21-20-13)12-8-22-15(18-12)10-5-3-4-6-11(10)16/h3-6,8-9,17H,7H2,1-2H3. The van der Waals surface area contributed by atoms with Crippen LogP contribution in [0.4, 0.5) is 0 Å². The van der Waals surface area contributed by atoms with E-state index in [0.717, 1.165) is 10.6 Å². The monoisotopic (exact) mass is 334 g/mol. The normalized spacial score (nSPS) is 12.5. The van der Waals surface area contributed by atoms with Crippen molar-refractivity contribution in [3.05, 3.63) is 40.5 Å². The Morgan fingerprint density at radius 1 is 1.32 bits per heavy atom. The van der Waals surface area contributed by atoms with Gasteiger partial charge < -0.3 is 9.84 Å². The highest BCUT2D eigenvalue weighted by Crippen LogP contribution is 2.32. The Morgan fingerprint density at radius 3 is 2.91 bits per heavy atom. The van der Waals surface area contributed by atoms with Gasteiger partial charge in [-0.1, -0.05) is 35.0 Å². The van der Waals surface area contributed by atoms with Crippen LogP contribution in [0.5, 0.6) is 0 Å². The van der Waals surface area contributed by atoms with Crippen molar-refractivity contribution < 1.29 is 4.52 Å². The first-order chi connectivity index (χ1) is 10.7. The van der Waals surface area contributed by atoms with Gasteiger partial charge in [0.25, 0.3) is 5.89 Å². The van der Waals surface area contributed by atoms with Crippen molar-refractivity contribution in [3.8, 4) is 22.2 Å². The number of rotatable bonds is 5. The van der Waals surface area contributed by atoms with Crippen molar-refractivity contribution in [2.45, 2.75) is 19.4 Å². The molecule has 0 aliphatic heterocycles. The molecule has 0 fully saturated rings. The van der Waals surface area contributed by atoms with Gasteiger partial charge in [-0.2, -0.15) is 4.98 Å². The first-order valence-corrected chi connectivity index (χ1v) is 8.14. The fourth-order valence-electron chi connectivity index (χ4n) is 1.95. The number of thiazole rings is 1. The van der Waals surface area contributed by atoms with Crippen molar-refractivity contribution in [1.29, 1.82) is 0 Å². The molecule has 0 saturated heterocycles. The van der Waals surface area contributed by atoms with Crippen molar-refractivity contribution in [2.75, 3.05) is 7.05 Å². The molecule has 5 nitrogen and oxygen atoms in total. The van der Waals surface area contributed by atoms with Crippen LogP contribution in [-0.4, -0.2) is 28.2 Å². The van der Waals surface area contributed by atoms with E-state index >= 15 is 0 Å². The summed E-state index contributed by atoms with van der Waals surface area (Å²) < 4.78 is 5.30. The molecule has 0 saturated carbocycles. The topological polar surface area (TPSA) is 63.8 Å². The Labute approximate surface area is 137 Å². The van der Waals surface area contributed by atoms with Crippen LogP contribution in [0, 0.1) is 0 Å². The Balaban J connectivity index is 1.84. The van der Waals surface area contributed by atoms with E-state index in [1.807, 2.05) is 36.7 Å². The number of nitrogens with one attached hydrogen (secondary N) is 1. The highest BCUT2D eigenvalue weighted by atomic mass is 35.5. The van der Waals surface area contributed by atoms with E-state index in [9.17, 15) is 0 Å². The summed E-state index contributed by atoms with van der Waals surface area (Å²) in [7, 11) is 1.90. The molecule has 114 valence electrons. The Bertz CT molecular complexity index is 770. The van der Waals surface area contributed by atoms with Gasteiger partial charge in [-0.15, -0.1) is 11.3 Å². The molecule has 1 aromatic carbocycles. The van der Waals surface area contributed by atoms with Crippen molar-refractivity contribution >= 4 is 22.9 Å². The summed E-state index contributed by atoms with van der Waals surface area (Å²) >= 11 is 7.70. The van der Waals surface area contributed by atoms with E-state index in [0.29, 0.717) is 34.9 Å². The molecule has 0 bridgehead atoms. The van der Waals surface area contributed by atoms with Gasteiger partial charge in [0.1, 0.15) is 10.7 Å². The molecule has 2 heterocycles. The molecule has 3 rings (SSSR count). The van der Waals surface area contributed by atoms with Gasteiger partial charge in [-0.05, 0) is 20.0 Å².